The van der Waals surface area contributed by atoms with Gasteiger partial charge in [-0.3, -0.25) is 20.1 Å². The zero-order chi connectivity index (χ0) is 21.1. The van der Waals surface area contributed by atoms with Crippen LogP contribution in [0.25, 0.3) is 22.3 Å². The summed E-state index contributed by atoms with van der Waals surface area (Å²) in [6, 6.07) is 12.3. The minimum absolute atomic E-state index is 0.246. The van der Waals surface area contributed by atoms with Gasteiger partial charge in [0.1, 0.15) is 5.52 Å². The summed E-state index contributed by atoms with van der Waals surface area (Å²) in [6.07, 6.45) is 2.00. The summed E-state index contributed by atoms with van der Waals surface area (Å²) in [7, 11) is 0. The summed E-state index contributed by atoms with van der Waals surface area (Å²) >= 11 is 7.45. The minimum Gasteiger partial charge on any atom is -0.449 e. The van der Waals surface area contributed by atoms with Crippen LogP contribution in [0.3, 0.4) is 0 Å². The van der Waals surface area contributed by atoms with Gasteiger partial charge in [-0.15, -0.1) is 11.3 Å². The number of hydrogen-bond acceptors (Lipinski definition) is 7. The molecule has 0 spiro atoms. The van der Waals surface area contributed by atoms with E-state index in [1.54, 1.807) is 35.8 Å². The first-order chi connectivity index (χ1) is 14.5. The van der Waals surface area contributed by atoms with Gasteiger partial charge in [0.05, 0.1) is 16.8 Å². The summed E-state index contributed by atoms with van der Waals surface area (Å²) in [5, 5.41) is 5.41. The number of aromatic nitrogens is 3. The first-order valence-corrected chi connectivity index (χ1v) is 10.2. The highest BCUT2D eigenvalue weighted by molar-refractivity contribution is 7.14. The molecule has 4 aromatic rings. The SMILES string of the molecule is CC(OC(=O)c1cccc2nccnc12)C(=O)Nc1nc(-c2ccccc2Cl)cs1. The zero-order valence-corrected chi connectivity index (χ0v) is 17.3. The van der Waals surface area contributed by atoms with Gasteiger partial charge < -0.3 is 4.74 Å². The molecule has 0 saturated heterocycles. The van der Waals surface area contributed by atoms with E-state index in [0.29, 0.717) is 26.9 Å². The molecule has 0 fully saturated rings. The highest BCUT2D eigenvalue weighted by Crippen LogP contribution is 2.30. The number of carbonyl (C=O) groups is 2. The molecule has 2 heterocycles. The largest absolute Gasteiger partial charge is 0.449 e. The molecule has 30 heavy (non-hydrogen) atoms. The molecule has 2 aromatic heterocycles. The number of nitrogens with one attached hydrogen (secondary N) is 1. The van der Waals surface area contributed by atoms with Crippen LogP contribution in [-0.2, 0) is 9.53 Å². The Morgan fingerprint density at radius 1 is 1.10 bits per heavy atom. The highest BCUT2D eigenvalue weighted by Gasteiger charge is 2.22. The fourth-order valence-electron chi connectivity index (χ4n) is 2.77. The molecule has 150 valence electrons. The van der Waals surface area contributed by atoms with E-state index >= 15 is 0 Å². The lowest BCUT2D eigenvalue weighted by molar-refractivity contribution is -0.123. The molecule has 7 nitrogen and oxygen atoms in total. The molecule has 1 unspecified atom stereocenters. The molecular weight excluding hydrogens is 424 g/mol. The van der Waals surface area contributed by atoms with Crippen molar-refractivity contribution in [1.29, 1.82) is 0 Å². The topological polar surface area (TPSA) is 94.1 Å². The third-order valence-electron chi connectivity index (χ3n) is 4.26. The Labute approximate surface area is 180 Å². The first kappa shape index (κ1) is 19.9. The van der Waals surface area contributed by atoms with Gasteiger partial charge in [-0.2, -0.15) is 0 Å². The number of amides is 1. The summed E-state index contributed by atoms with van der Waals surface area (Å²) in [6.45, 7) is 1.49. The number of carbonyl (C=O) groups excluding carboxylic acids is 2. The van der Waals surface area contributed by atoms with Gasteiger partial charge in [0, 0.05) is 28.4 Å². The van der Waals surface area contributed by atoms with Crippen LogP contribution in [-0.4, -0.2) is 32.9 Å². The molecule has 1 N–H and O–H groups in total. The van der Waals surface area contributed by atoms with Crippen molar-refractivity contribution in [2.45, 2.75) is 13.0 Å². The van der Waals surface area contributed by atoms with E-state index in [1.165, 1.54) is 24.5 Å². The lowest BCUT2D eigenvalue weighted by Gasteiger charge is -2.13. The van der Waals surface area contributed by atoms with Gasteiger partial charge in [-0.05, 0) is 25.1 Å². The number of fused-ring (bicyclic) bond motifs is 1. The van der Waals surface area contributed by atoms with Crippen LogP contribution < -0.4 is 5.32 Å². The monoisotopic (exact) mass is 438 g/mol. The predicted octanol–water partition coefficient (Wildman–Crippen LogP) is 4.59. The molecule has 1 atom stereocenters. The van der Waals surface area contributed by atoms with Crippen molar-refractivity contribution in [2.24, 2.45) is 0 Å². The average Bonchev–Trinajstić information content (AvgIpc) is 3.21. The van der Waals surface area contributed by atoms with E-state index in [4.69, 9.17) is 16.3 Å². The molecule has 0 saturated carbocycles. The van der Waals surface area contributed by atoms with Crippen molar-refractivity contribution in [3.63, 3.8) is 0 Å². The number of ether oxygens (including phenoxy) is 1. The fraction of sp³-hybridized carbons (Fsp3) is 0.0952. The maximum absolute atomic E-state index is 12.6. The van der Waals surface area contributed by atoms with Crippen molar-refractivity contribution >= 4 is 51.0 Å². The Hall–Kier alpha value is -3.36. The number of anilines is 1. The molecule has 1 amide bonds. The highest BCUT2D eigenvalue weighted by atomic mass is 35.5. The van der Waals surface area contributed by atoms with Crippen molar-refractivity contribution in [3.8, 4) is 11.3 Å². The molecule has 0 radical (unpaired) electrons. The smallest absolute Gasteiger partial charge is 0.341 e. The van der Waals surface area contributed by atoms with Crippen molar-refractivity contribution in [3.05, 3.63) is 70.8 Å². The quantitative estimate of drug-likeness (QED) is 0.458. The van der Waals surface area contributed by atoms with E-state index in [2.05, 4.69) is 20.3 Å². The summed E-state index contributed by atoms with van der Waals surface area (Å²) in [4.78, 5) is 37.8. The van der Waals surface area contributed by atoms with Crippen LogP contribution in [0.1, 0.15) is 17.3 Å². The van der Waals surface area contributed by atoms with E-state index < -0.39 is 18.0 Å². The van der Waals surface area contributed by atoms with Gasteiger partial charge in [-0.25, -0.2) is 9.78 Å². The summed E-state index contributed by atoms with van der Waals surface area (Å²) in [5.74, 6) is -1.14. The molecule has 0 aliphatic heterocycles. The molecule has 0 aliphatic carbocycles. The molecule has 0 bridgehead atoms. The number of esters is 1. The molecule has 0 aliphatic rings. The van der Waals surface area contributed by atoms with Crippen LogP contribution in [0, 0.1) is 0 Å². The van der Waals surface area contributed by atoms with E-state index in [-0.39, 0.29) is 5.56 Å². The first-order valence-electron chi connectivity index (χ1n) is 8.95. The number of benzene rings is 2. The predicted molar refractivity (Wildman–Crippen MR) is 116 cm³/mol. The lowest BCUT2D eigenvalue weighted by atomic mass is 10.2. The second-order valence-electron chi connectivity index (χ2n) is 6.28. The Kier molecular flexibility index (Phi) is 5.69. The van der Waals surface area contributed by atoms with Crippen LogP contribution in [0.4, 0.5) is 5.13 Å². The molecule has 9 heteroatoms. The van der Waals surface area contributed by atoms with Crippen molar-refractivity contribution < 1.29 is 14.3 Å². The second kappa shape index (κ2) is 8.56. The Morgan fingerprint density at radius 2 is 1.90 bits per heavy atom. The summed E-state index contributed by atoms with van der Waals surface area (Å²) < 4.78 is 5.33. The Bertz CT molecular complexity index is 1240. The molecular formula is C21H15ClN4O3S. The molecule has 4 rings (SSSR count). The number of nitrogens with zero attached hydrogens (tertiary/aromatic N) is 3. The zero-order valence-electron chi connectivity index (χ0n) is 15.7. The van der Waals surface area contributed by atoms with Gasteiger partial charge in [-0.1, -0.05) is 35.9 Å². The van der Waals surface area contributed by atoms with Gasteiger partial charge in [0.25, 0.3) is 5.91 Å². The Balaban J connectivity index is 1.44. The second-order valence-corrected chi connectivity index (χ2v) is 7.55. The number of halogens is 1. The Morgan fingerprint density at radius 3 is 2.73 bits per heavy atom. The van der Waals surface area contributed by atoms with Crippen LogP contribution in [0.5, 0.6) is 0 Å². The third-order valence-corrected chi connectivity index (χ3v) is 5.34. The molecule has 2 aromatic carbocycles. The maximum atomic E-state index is 12.6. The van der Waals surface area contributed by atoms with Crippen molar-refractivity contribution in [2.75, 3.05) is 5.32 Å². The van der Waals surface area contributed by atoms with E-state index in [0.717, 1.165) is 5.56 Å². The minimum atomic E-state index is -1.03. The van der Waals surface area contributed by atoms with Crippen molar-refractivity contribution in [1.82, 2.24) is 15.0 Å². The summed E-state index contributed by atoms with van der Waals surface area (Å²) in [5.41, 5.74) is 2.66. The van der Waals surface area contributed by atoms with Gasteiger partial charge >= 0.3 is 5.97 Å². The number of para-hydroxylation sites is 1. The lowest BCUT2D eigenvalue weighted by Crippen LogP contribution is -2.30. The number of thiazole rings is 1. The van der Waals surface area contributed by atoms with Crippen LogP contribution in [0.2, 0.25) is 5.02 Å². The fourth-order valence-corrected chi connectivity index (χ4v) is 3.71. The van der Waals surface area contributed by atoms with Gasteiger partial charge in [0.15, 0.2) is 11.2 Å². The average molecular weight is 439 g/mol. The van der Waals surface area contributed by atoms with E-state index in [1.807, 2.05) is 18.2 Å². The maximum Gasteiger partial charge on any atom is 0.341 e. The van der Waals surface area contributed by atoms with Crippen LogP contribution >= 0.6 is 22.9 Å². The normalized spacial score (nSPS) is 11.8. The number of rotatable bonds is 5. The standard InChI is InChI=1S/C21H15ClN4O3S/c1-12(29-20(28)14-6-4-8-16-18(14)24-10-9-23-16)19(27)26-21-25-17(11-30-21)13-5-2-3-7-15(13)22/h2-12H,1H3,(H,25,26,27). The third kappa shape index (κ3) is 4.14. The number of hydrogen-bond donors (Lipinski definition) is 1. The van der Waals surface area contributed by atoms with Gasteiger partial charge in [0.2, 0.25) is 0 Å². The van der Waals surface area contributed by atoms with Crippen LogP contribution in [0.15, 0.2) is 60.2 Å². The van der Waals surface area contributed by atoms with E-state index in [9.17, 15) is 9.59 Å².